The Bertz CT molecular complexity index is 888. The number of carbonyl (C=O) groups excluding carboxylic acids is 1. The number of hydrogen-bond acceptors (Lipinski definition) is 7. The number of nitrogen functional groups attached to an aromatic ring is 1. The summed E-state index contributed by atoms with van der Waals surface area (Å²) in [6.07, 6.45) is 6.55. The van der Waals surface area contributed by atoms with Crippen LogP contribution < -0.4 is 5.73 Å². The van der Waals surface area contributed by atoms with Crippen molar-refractivity contribution >= 4 is 17.8 Å². The van der Waals surface area contributed by atoms with Gasteiger partial charge in [0.15, 0.2) is 12.1 Å². The lowest BCUT2D eigenvalue weighted by Gasteiger charge is -2.02. The van der Waals surface area contributed by atoms with Crippen molar-refractivity contribution < 1.29 is 9.72 Å². The zero-order chi connectivity index (χ0) is 16.4. The molecule has 0 saturated carbocycles. The second-order valence-electron chi connectivity index (χ2n) is 4.59. The van der Waals surface area contributed by atoms with Crippen molar-refractivity contribution in [2.24, 2.45) is 0 Å². The molecule has 2 N–H and O–H groups in total. The van der Waals surface area contributed by atoms with Crippen LogP contribution in [0.15, 0.2) is 43.0 Å². The molecule has 0 bridgehead atoms. The fraction of sp³-hybridized carbons (Fsp3) is 0. The van der Waals surface area contributed by atoms with Crippen LogP contribution in [0, 0.1) is 10.1 Å². The van der Waals surface area contributed by atoms with Crippen LogP contribution in [-0.2, 0) is 0 Å². The fourth-order valence-corrected chi connectivity index (χ4v) is 2.08. The maximum Gasteiger partial charge on any atom is 0.319 e. The number of nitrogens with two attached hydrogens (primary N) is 1. The highest BCUT2D eigenvalue weighted by Crippen LogP contribution is 2.32. The van der Waals surface area contributed by atoms with E-state index in [1.807, 2.05) is 0 Å². The molecule has 9 heteroatoms. The van der Waals surface area contributed by atoms with Gasteiger partial charge in [-0.05, 0) is 18.2 Å². The molecule has 0 unspecified atom stereocenters. The van der Waals surface area contributed by atoms with Crippen LogP contribution in [0.25, 0.3) is 16.9 Å². The summed E-state index contributed by atoms with van der Waals surface area (Å²) in [5.41, 5.74) is 6.58. The average Bonchev–Trinajstić information content (AvgIpc) is 3.04. The Morgan fingerprint density at radius 2 is 2.04 bits per heavy atom. The lowest BCUT2D eigenvalue weighted by Crippen LogP contribution is -2.00. The second kappa shape index (κ2) is 5.64. The Labute approximate surface area is 129 Å². The number of carbonyl (C=O) groups is 1. The smallest absolute Gasteiger partial charge is 0.319 e. The van der Waals surface area contributed by atoms with E-state index in [0.29, 0.717) is 28.8 Å². The molecule has 3 rings (SSSR count). The first kappa shape index (κ1) is 14.3. The zero-order valence-corrected chi connectivity index (χ0v) is 11.7. The Morgan fingerprint density at radius 1 is 1.22 bits per heavy atom. The molecule has 114 valence electrons. The summed E-state index contributed by atoms with van der Waals surface area (Å²) in [5, 5.41) is 15.3. The van der Waals surface area contributed by atoms with E-state index in [1.54, 1.807) is 18.3 Å². The Hall–Kier alpha value is -3.62. The standard InChI is InChI=1S/C14H10N6O3/c15-14-13(20(22)23)11(3-4-16-14)10-6-18-19(7-10)12-2-1-9(8-21)5-17-12/h1-8H,(H2,15,16). The molecule has 0 fully saturated rings. The zero-order valence-electron chi connectivity index (χ0n) is 11.7. The number of rotatable bonds is 4. The Morgan fingerprint density at radius 3 is 2.70 bits per heavy atom. The summed E-state index contributed by atoms with van der Waals surface area (Å²) < 4.78 is 1.45. The number of hydrogen-bond donors (Lipinski definition) is 1. The SMILES string of the molecule is Nc1nccc(-c2cnn(-c3ccc(C=O)cn3)c2)c1[N+](=O)[O-]. The quantitative estimate of drug-likeness (QED) is 0.440. The van der Waals surface area contributed by atoms with Crippen LogP contribution in [0.1, 0.15) is 10.4 Å². The van der Waals surface area contributed by atoms with Crippen LogP contribution in [0.3, 0.4) is 0 Å². The van der Waals surface area contributed by atoms with E-state index < -0.39 is 4.92 Å². The summed E-state index contributed by atoms with van der Waals surface area (Å²) in [6, 6.07) is 4.72. The van der Waals surface area contributed by atoms with Crippen molar-refractivity contribution in [2.75, 3.05) is 5.73 Å². The van der Waals surface area contributed by atoms with Gasteiger partial charge in [0.1, 0.15) is 0 Å². The molecule has 0 atom stereocenters. The van der Waals surface area contributed by atoms with E-state index in [4.69, 9.17) is 5.73 Å². The van der Waals surface area contributed by atoms with Gasteiger partial charge in [0, 0.05) is 29.7 Å². The van der Waals surface area contributed by atoms with E-state index in [2.05, 4.69) is 15.1 Å². The normalized spacial score (nSPS) is 10.4. The van der Waals surface area contributed by atoms with Crippen molar-refractivity contribution in [1.82, 2.24) is 19.7 Å². The molecule has 3 aromatic rings. The third kappa shape index (κ3) is 2.62. The van der Waals surface area contributed by atoms with E-state index in [9.17, 15) is 14.9 Å². The maximum atomic E-state index is 11.2. The van der Waals surface area contributed by atoms with Crippen molar-refractivity contribution in [1.29, 1.82) is 0 Å². The van der Waals surface area contributed by atoms with Crippen LogP contribution in [0.5, 0.6) is 0 Å². The predicted molar refractivity (Wildman–Crippen MR) is 81.0 cm³/mol. The van der Waals surface area contributed by atoms with E-state index in [1.165, 1.54) is 29.3 Å². The number of anilines is 1. The monoisotopic (exact) mass is 310 g/mol. The van der Waals surface area contributed by atoms with Gasteiger partial charge in [-0.3, -0.25) is 14.9 Å². The lowest BCUT2D eigenvalue weighted by atomic mass is 10.1. The first-order valence-corrected chi connectivity index (χ1v) is 6.45. The molecule has 0 amide bonds. The Balaban J connectivity index is 2.04. The largest absolute Gasteiger partial charge is 0.378 e. The molecule has 0 radical (unpaired) electrons. The summed E-state index contributed by atoms with van der Waals surface area (Å²) in [6.45, 7) is 0. The van der Waals surface area contributed by atoms with Gasteiger partial charge >= 0.3 is 5.69 Å². The minimum atomic E-state index is -0.577. The minimum Gasteiger partial charge on any atom is -0.378 e. The third-order valence-electron chi connectivity index (χ3n) is 3.17. The molecule has 0 aliphatic carbocycles. The van der Waals surface area contributed by atoms with E-state index >= 15 is 0 Å². The summed E-state index contributed by atoms with van der Waals surface area (Å²) in [7, 11) is 0. The molecular weight excluding hydrogens is 300 g/mol. The number of nitro groups is 1. The van der Waals surface area contributed by atoms with Crippen molar-refractivity contribution in [2.45, 2.75) is 0 Å². The van der Waals surface area contributed by atoms with Crippen molar-refractivity contribution in [3.63, 3.8) is 0 Å². The van der Waals surface area contributed by atoms with Crippen molar-refractivity contribution in [3.05, 3.63) is 58.7 Å². The van der Waals surface area contributed by atoms with Gasteiger partial charge < -0.3 is 5.73 Å². The highest BCUT2D eigenvalue weighted by atomic mass is 16.6. The first-order valence-electron chi connectivity index (χ1n) is 6.45. The van der Waals surface area contributed by atoms with Gasteiger partial charge in [-0.25, -0.2) is 14.6 Å². The summed E-state index contributed by atoms with van der Waals surface area (Å²) in [4.78, 5) is 29.1. The van der Waals surface area contributed by atoms with Gasteiger partial charge in [0.2, 0.25) is 5.82 Å². The lowest BCUT2D eigenvalue weighted by molar-refractivity contribution is -0.383. The second-order valence-corrected chi connectivity index (χ2v) is 4.59. The summed E-state index contributed by atoms with van der Waals surface area (Å²) in [5.74, 6) is 0.320. The first-order chi connectivity index (χ1) is 11.1. The van der Waals surface area contributed by atoms with Crippen LogP contribution in [0.4, 0.5) is 11.5 Å². The molecular formula is C14H10N6O3. The number of aromatic nitrogens is 4. The predicted octanol–water partition coefficient (Wildman–Crippen LogP) is 1.63. The van der Waals surface area contributed by atoms with Gasteiger partial charge in [-0.2, -0.15) is 5.10 Å². The van der Waals surface area contributed by atoms with Crippen LogP contribution >= 0.6 is 0 Å². The topological polar surface area (TPSA) is 130 Å². The molecule has 0 spiro atoms. The molecule has 0 aromatic carbocycles. The summed E-state index contributed by atoms with van der Waals surface area (Å²) >= 11 is 0. The van der Waals surface area contributed by atoms with Gasteiger partial charge in [-0.15, -0.1) is 0 Å². The highest BCUT2D eigenvalue weighted by molar-refractivity contribution is 5.78. The number of pyridine rings is 2. The Kier molecular flexibility index (Phi) is 3.51. The van der Waals surface area contributed by atoms with E-state index in [-0.39, 0.29) is 11.5 Å². The van der Waals surface area contributed by atoms with Gasteiger partial charge in [-0.1, -0.05) is 0 Å². The molecule has 23 heavy (non-hydrogen) atoms. The third-order valence-corrected chi connectivity index (χ3v) is 3.17. The van der Waals surface area contributed by atoms with Crippen LogP contribution in [-0.4, -0.2) is 31.0 Å². The molecule has 0 aliphatic rings. The van der Waals surface area contributed by atoms with Gasteiger partial charge in [0.25, 0.3) is 0 Å². The molecule has 0 saturated heterocycles. The molecule has 9 nitrogen and oxygen atoms in total. The number of nitrogens with zero attached hydrogens (tertiary/aromatic N) is 5. The highest BCUT2D eigenvalue weighted by Gasteiger charge is 2.21. The van der Waals surface area contributed by atoms with E-state index in [0.717, 1.165) is 0 Å². The maximum absolute atomic E-state index is 11.2. The fourth-order valence-electron chi connectivity index (χ4n) is 2.08. The molecule has 3 aromatic heterocycles. The number of aldehydes is 1. The molecule has 3 heterocycles. The average molecular weight is 310 g/mol. The minimum absolute atomic E-state index is 0.159. The van der Waals surface area contributed by atoms with Crippen LogP contribution in [0.2, 0.25) is 0 Å². The molecule has 0 aliphatic heterocycles. The van der Waals surface area contributed by atoms with Crippen molar-refractivity contribution in [3.8, 4) is 16.9 Å². The van der Waals surface area contributed by atoms with Gasteiger partial charge in [0.05, 0.1) is 16.7 Å².